The maximum absolute atomic E-state index is 13.7. The third-order valence-corrected chi connectivity index (χ3v) is 6.81. The van der Waals surface area contributed by atoms with Gasteiger partial charge in [0.25, 0.3) is 5.56 Å². The maximum atomic E-state index is 13.7. The van der Waals surface area contributed by atoms with Gasteiger partial charge in [0.1, 0.15) is 5.82 Å². The first kappa shape index (κ1) is 24.2. The molecule has 3 aromatic rings. The van der Waals surface area contributed by atoms with Gasteiger partial charge in [-0.15, -0.1) is 0 Å². The number of hydrogen-bond acceptors (Lipinski definition) is 10. The third kappa shape index (κ3) is 5.18. The van der Waals surface area contributed by atoms with Crippen molar-refractivity contribution in [3.05, 3.63) is 52.7 Å². The molecular weight excluding hydrogens is 467 g/mol. The maximum Gasteiger partial charge on any atom is 0.324 e. The molecule has 0 aliphatic carbocycles. The Kier molecular flexibility index (Phi) is 6.86. The van der Waals surface area contributed by atoms with E-state index in [1.54, 1.807) is 12.4 Å². The van der Waals surface area contributed by atoms with Crippen LogP contribution in [-0.2, 0) is 0 Å². The van der Waals surface area contributed by atoms with E-state index in [0.717, 1.165) is 37.8 Å². The van der Waals surface area contributed by atoms with Gasteiger partial charge in [0.15, 0.2) is 11.6 Å². The molecule has 0 spiro atoms. The highest BCUT2D eigenvalue weighted by atomic mass is 19.1. The lowest BCUT2D eigenvalue weighted by atomic mass is 9.98. The lowest BCUT2D eigenvalue weighted by molar-refractivity contribution is 0.219. The first-order valence-electron chi connectivity index (χ1n) is 12.3. The van der Waals surface area contributed by atoms with Crippen LogP contribution in [0.15, 0.2) is 40.0 Å². The molecule has 2 aliphatic heterocycles. The molecule has 2 saturated heterocycles. The summed E-state index contributed by atoms with van der Waals surface area (Å²) >= 11 is 0. The van der Waals surface area contributed by atoms with E-state index in [0.29, 0.717) is 43.3 Å². The molecule has 2 atom stereocenters. The Morgan fingerprint density at radius 3 is 2.61 bits per heavy atom. The predicted octanol–water partition coefficient (Wildman–Crippen LogP) is 1.97. The molecule has 0 amide bonds. The van der Waals surface area contributed by atoms with Crippen molar-refractivity contribution >= 4 is 12.0 Å². The summed E-state index contributed by atoms with van der Waals surface area (Å²) in [5.74, 6) is 2.00. The summed E-state index contributed by atoms with van der Waals surface area (Å²) in [6, 6.07) is 2.25. The van der Waals surface area contributed by atoms with E-state index in [2.05, 4.69) is 25.0 Å². The molecule has 0 aromatic carbocycles. The molecule has 3 aromatic heterocycles. The zero-order valence-corrected chi connectivity index (χ0v) is 20.5. The van der Waals surface area contributed by atoms with E-state index < -0.39 is 5.82 Å². The topological polar surface area (TPSA) is 128 Å². The average molecular weight is 499 g/mol. The van der Waals surface area contributed by atoms with Crippen molar-refractivity contribution in [2.45, 2.75) is 44.7 Å². The SMILES string of the molecule is CC(C)c1noc(N2CCC(COc3cnc(N4C[C@H](N)[C@@H](n5cc(F)ccc5=O)C4)nc3)CC2)n1. The summed E-state index contributed by atoms with van der Waals surface area (Å²) < 4.78 is 26.4. The monoisotopic (exact) mass is 498 g/mol. The van der Waals surface area contributed by atoms with E-state index >= 15 is 0 Å². The van der Waals surface area contributed by atoms with Crippen LogP contribution in [-0.4, -0.2) is 63.5 Å². The Labute approximate surface area is 208 Å². The number of piperidine rings is 1. The van der Waals surface area contributed by atoms with Crippen LogP contribution in [0.4, 0.5) is 16.4 Å². The standard InChI is InChI=1S/C24H31FN8O3/c1-15(2)22-29-24(36-30-22)31-7-5-16(6-8-31)14-35-18-9-27-23(28-10-18)32-12-19(26)20(13-32)33-11-17(25)3-4-21(33)34/h3-4,9-11,15-16,19-20H,5-8,12-14,26H2,1-2H3/t19-,20-/m0/s1. The third-order valence-electron chi connectivity index (χ3n) is 6.81. The zero-order valence-electron chi connectivity index (χ0n) is 20.5. The first-order valence-corrected chi connectivity index (χ1v) is 12.3. The van der Waals surface area contributed by atoms with Crippen molar-refractivity contribution in [3.8, 4) is 5.75 Å². The van der Waals surface area contributed by atoms with Crippen LogP contribution in [0.3, 0.4) is 0 Å². The lowest BCUT2D eigenvalue weighted by Crippen LogP contribution is -2.36. The molecule has 0 unspecified atom stereocenters. The molecule has 2 aliphatic rings. The largest absolute Gasteiger partial charge is 0.490 e. The summed E-state index contributed by atoms with van der Waals surface area (Å²) in [6.07, 6.45) is 6.42. The van der Waals surface area contributed by atoms with Gasteiger partial charge in [-0.1, -0.05) is 19.0 Å². The Hall–Kier alpha value is -3.54. The molecule has 0 radical (unpaired) electrons. The number of ether oxygens (including phenoxy) is 1. The first-order chi connectivity index (χ1) is 17.4. The van der Waals surface area contributed by atoms with Crippen LogP contribution < -0.4 is 25.8 Å². The van der Waals surface area contributed by atoms with E-state index in [9.17, 15) is 9.18 Å². The van der Waals surface area contributed by atoms with Gasteiger partial charge >= 0.3 is 6.01 Å². The van der Waals surface area contributed by atoms with Gasteiger partial charge in [0.05, 0.1) is 25.0 Å². The average Bonchev–Trinajstić information content (AvgIpc) is 3.52. The molecule has 5 rings (SSSR count). The second kappa shape index (κ2) is 10.2. The Morgan fingerprint density at radius 2 is 1.92 bits per heavy atom. The Morgan fingerprint density at radius 1 is 1.17 bits per heavy atom. The Balaban J connectivity index is 1.12. The predicted molar refractivity (Wildman–Crippen MR) is 131 cm³/mol. The quantitative estimate of drug-likeness (QED) is 0.516. The van der Waals surface area contributed by atoms with Gasteiger partial charge in [-0.05, 0) is 24.8 Å². The summed E-state index contributed by atoms with van der Waals surface area (Å²) in [4.78, 5) is 29.5. The van der Waals surface area contributed by atoms with Gasteiger partial charge < -0.3 is 29.4 Å². The van der Waals surface area contributed by atoms with Crippen molar-refractivity contribution < 1.29 is 13.7 Å². The molecule has 12 heteroatoms. The number of pyridine rings is 1. The van der Waals surface area contributed by atoms with Gasteiger partial charge in [0.2, 0.25) is 5.95 Å². The number of halogens is 1. The molecule has 5 heterocycles. The molecule has 36 heavy (non-hydrogen) atoms. The molecule has 192 valence electrons. The fourth-order valence-electron chi connectivity index (χ4n) is 4.65. The van der Waals surface area contributed by atoms with Crippen LogP contribution in [0.25, 0.3) is 0 Å². The summed E-state index contributed by atoms with van der Waals surface area (Å²) in [5, 5.41) is 4.05. The number of nitrogens with zero attached hydrogens (tertiary/aromatic N) is 7. The minimum absolute atomic E-state index is 0.240. The minimum atomic E-state index is -0.474. The Bertz CT molecular complexity index is 1220. The highest BCUT2D eigenvalue weighted by molar-refractivity contribution is 5.35. The van der Waals surface area contributed by atoms with E-state index in [1.165, 1.54) is 16.8 Å². The molecule has 2 fully saturated rings. The normalized spacial score (nSPS) is 20.9. The minimum Gasteiger partial charge on any atom is -0.490 e. The van der Waals surface area contributed by atoms with E-state index in [1.807, 2.05) is 18.7 Å². The number of aromatic nitrogens is 5. The van der Waals surface area contributed by atoms with Gasteiger partial charge in [-0.25, -0.2) is 14.4 Å². The highest BCUT2D eigenvalue weighted by Crippen LogP contribution is 2.26. The van der Waals surface area contributed by atoms with Crippen molar-refractivity contribution in [1.82, 2.24) is 24.7 Å². The van der Waals surface area contributed by atoms with Gasteiger partial charge in [0, 0.05) is 50.4 Å². The van der Waals surface area contributed by atoms with Crippen LogP contribution in [0.5, 0.6) is 5.75 Å². The fraction of sp³-hybridized carbons (Fsp3) is 0.542. The molecular formula is C24H31FN8O3. The van der Waals surface area contributed by atoms with Crippen molar-refractivity contribution in [2.75, 3.05) is 42.6 Å². The van der Waals surface area contributed by atoms with Crippen LogP contribution in [0.1, 0.15) is 44.5 Å². The highest BCUT2D eigenvalue weighted by Gasteiger charge is 2.33. The summed E-state index contributed by atoms with van der Waals surface area (Å²) in [7, 11) is 0. The second-order valence-corrected chi connectivity index (χ2v) is 9.78. The summed E-state index contributed by atoms with van der Waals surface area (Å²) in [6.45, 7) is 7.23. The van der Waals surface area contributed by atoms with E-state index in [4.69, 9.17) is 15.0 Å². The number of hydrogen-bond donors (Lipinski definition) is 1. The number of rotatable bonds is 7. The molecule has 2 N–H and O–H groups in total. The van der Waals surface area contributed by atoms with E-state index in [-0.39, 0.29) is 23.6 Å². The lowest BCUT2D eigenvalue weighted by Gasteiger charge is -2.30. The van der Waals surface area contributed by atoms with Crippen molar-refractivity contribution in [2.24, 2.45) is 11.7 Å². The number of anilines is 2. The molecule has 0 bridgehead atoms. The van der Waals surface area contributed by atoms with Gasteiger partial charge in [-0.2, -0.15) is 4.98 Å². The van der Waals surface area contributed by atoms with Crippen molar-refractivity contribution in [1.29, 1.82) is 0 Å². The molecule has 0 saturated carbocycles. The zero-order chi connectivity index (χ0) is 25.2. The smallest absolute Gasteiger partial charge is 0.324 e. The second-order valence-electron chi connectivity index (χ2n) is 9.78. The van der Waals surface area contributed by atoms with Gasteiger partial charge in [-0.3, -0.25) is 4.79 Å². The fourth-order valence-corrected chi connectivity index (χ4v) is 4.65. The van der Waals surface area contributed by atoms with Crippen LogP contribution in [0.2, 0.25) is 0 Å². The van der Waals surface area contributed by atoms with Crippen molar-refractivity contribution in [3.63, 3.8) is 0 Å². The van der Waals surface area contributed by atoms with Crippen LogP contribution >= 0.6 is 0 Å². The molecule has 11 nitrogen and oxygen atoms in total. The summed E-state index contributed by atoms with van der Waals surface area (Å²) in [5.41, 5.74) is 5.97. The van der Waals surface area contributed by atoms with Crippen LogP contribution in [0, 0.1) is 11.7 Å². The number of nitrogens with two attached hydrogens (primary N) is 1.